The molecule has 5 nitrogen and oxygen atoms in total. The number of anilines is 1. The van der Waals surface area contributed by atoms with Crippen molar-refractivity contribution in [3.05, 3.63) is 88.9 Å². The molecule has 0 aliphatic rings. The summed E-state index contributed by atoms with van der Waals surface area (Å²) >= 11 is 8.53. The van der Waals surface area contributed by atoms with E-state index in [4.69, 9.17) is 17.0 Å². The van der Waals surface area contributed by atoms with E-state index in [2.05, 4.69) is 32.1 Å². The molecule has 0 unspecified atom stereocenters. The molecule has 3 N–H and O–H groups in total. The molecule has 0 heterocycles. The van der Waals surface area contributed by atoms with Crippen LogP contribution in [-0.4, -0.2) is 11.0 Å². The zero-order valence-electron chi connectivity index (χ0n) is 14.1. The normalized spacial score (nSPS) is 9.96. The van der Waals surface area contributed by atoms with Gasteiger partial charge in [0, 0.05) is 10.2 Å². The third-order valence-corrected chi connectivity index (χ3v) is 4.39. The molecule has 0 aliphatic heterocycles. The van der Waals surface area contributed by atoms with Crippen LogP contribution < -0.4 is 20.9 Å². The first-order chi connectivity index (χ1) is 13.1. The molecule has 1 amide bonds. The molecule has 3 rings (SSSR count). The summed E-state index contributed by atoms with van der Waals surface area (Å²) in [7, 11) is 0. The highest BCUT2D eigenvalue weighted by Gasteiger charge is 2.09. The van der Waals surface area contributed by atoms with Gasteiger partial charge in [-0.1, -0.05) is 30.3 Å². The maximum Gasteiger partial charge on any atom is 0.270 e. The number of carbonyl (C=O) groups is 1. The summed E-state index contributed by atoms with van der Waals surface area (Å²) in [6.07, 6.45) is 0. The number of rotatable bonds is 4. The van der Waals surface area contributed by atoms with Crippen molar-refractivity contribution in [2.45, 2.75) is 0 Å². The van der Waals surface area contributed by atoms with Crippen LogP contribution in [0, 0.1) is 0 Å². The van der Waals surface area contributed by atoms with Crippen LogP contribution in [-0.2, 0) is 0 Å². The number of nitrogens with one attached hydrogen (secondary N) is 3. The fourth-order valence-electron chi connectivity index (χ4n) is 2.22. The summed E-state index contributed by atoms with van der Waals surface area (Å²) in [5.41, 5.74) is 6.51. The molecule has 0 fully saturated rings. The Bertz CT molecular complexity index is 933. The standard InChI is InChI=1S/C20H16BrN3O2S/c21-18-9-5-4-8-17(18)19(25)23-24-20(27)22-14-10-12-16(13-11-14)26-15-6-2-1-3-7-15/h1-13H,(H,23,25)(H2,22,24,27). The monoisotopic (exact) mass is 441 g/mol. The van der Waals surface area contributed by atoms with Gasteiger partial charge in [-0.25, -0.2) is 0 Å². The van der Waals surface area contributed by atoms with Crippen molar-refractivity contribution in [3.63, 3.8) is 0 Å². The number of carbonyl (C=O) groups excluding carboxylic acids is 1. The second-order valence-corrected chi connectivity index (χ2v) is 6.72. The lowest BCUT2D eigenvalue weighted by Gasteiger charge is -2.12. The van der Waals surface area contributed by atoms with Gasteiger partial charge in [-0.05, 0) is 76.7 Å². The number of thiocarbonyl (C=S) groups is 1. The number of ether oxygens (including phenoxy) is 1. The Morgan fingerprint density at radius 1 is 0.815 bits per heavy atom. The van der Waals surface area contributed by atoms with Crippen molar-refractivity contribution >= 4 is 44.9 Å². The van der Waals surface area contributed by atoms with Gasteiger partial charge in [0.05, 0.1) is 5.56 Å². The predicted octanol–water partition coefficient (Wildman–Crippen LogP) is 4.87. The van der Waals surface area contributed by atoms with Crippen LogP contribution in [0.1, 0.15) is 10.4 Å². The molecule has 7 heteroatoms. The summed E-state index contributed by atoms with van der Waals surface area (Å²) in [5.74, 6) is 1.19. The summed E-state index contributed by atoms with van der Waals surface area (Å²) in [5, 5.41) is 3.26. The van der Waals surface area contributed by atoms with Crippen molar-refractivity contribution in [2.75, 3.05) is 5.32 Å². The maximum atomic E-state index is 12.1. The van der Waals surface area contributed by atoms with Gasteiger partial charge >= 0.3 is 0 Å². The zero-order valence-corrected chi connectivity index (χ0v) is 16.5. The van der Waals surface area contributed by atoms with Gasteiger partial charge in [0.2, 0.25) is 0 Å². The molecule has 27 heavy (non-hydrogen) atoms. The lowest BCUT2D eigenvalue weighted by Crippen LogP contribution is -2.43. The van der Waals surface area contributed by atoms with E-state index < -0.39 is 0 Å². The van der Waals surface area contributed by atoms with E-state index in [0.29, 0.717) is 15.8 Å². The second-order valence-electron chi connectivity index (χ2n) is 5.45. The number of halogens is 1. The minimum absolute atomic E-state index is 0.270. The largest absolute Gasteiger partial charge is 0.457 e. The van der Waals surface area contributed by atoms with Gasteiger partial charge in [-0.3, -0.25) is 15.6 Å². The Labute approximate surface area is 170 Å². The molecule has 0 spiro atoms. The third kappa shape index (κ3) is 5.54. The number of hydrogen-bond donors (Lipinski definition) is 3. The van der Waals surface area contributed by atoms with E-state index in [1.807, 2.05) is 60.7 Å². The number of para-hydroxylation sites is 1. The highest BCUT2D eigenvalue weighted by Crippen LogP contribution is 2.22. The molecule has 0 saturated carbocycles. The number of hydrazine groups is 1. The van der Waals surface area contributed by atoms with Gasteiger partial charge in [0.15, 0.2) is 5.11 Å². The summed E-state index contributed by atoms with van der Waals surface area (Å²) < 4.78 is 6.45. The van der Waals surface area contributed by atoms with E-state index >= 15 is 0 Å². The van der Waals surface area contributed by atoms with Crippen molar-refractivity contribution in [3.8, 4) is 11.5 Å². The van der Waals surface area contributed by atoms with Crippen LogP contribution in [0.25, 0.3) is 0 Å². The number of benzene rings is 3. The number of amides is 1. The molecule has 0 atom stereocenters. The minimum atomic E-state index is -0.293. The maximum absolute atomic E-state index is 12.1. The third-order valence-electron chi connectivity index (χ3n) is 3.50. The molecule has 136 valence electrons. The summed E-state index contributed by atoms with van der Waals surface area (Å²) in [6.45, 7) is 0. The molecule has 0 saturated heterocycles. The van der Waals surface area contributed by atoms with Crippen LogP contribution in [0.4, 0.5) is 5.69 Å². The average molecular weight is 442 g/mol. The first-order valence-electron chi connectivity index (χ1n) is 8.06. The van der Waals surface area contributed by atoms with Crippen LogP contribution in [0.15, 0.2) is 83.3 Å². The van der Waals surface area contributed by atoms with Crippen LogP contribution in [0.2, 0.25) is 0 Å². The summed E-state index contributed by atoms with van der Waals surface area (Å²) in [4.78, 5) is 12.1. The van der Waals surface area contributed by atoms with Crippen LogP contribution >= 0.6 is 28.1 Å². The molecule has 0 radical (unpaired) electrons. The van der Waals surface area contributed by atoms with Crippen molar-refractivity contribution < 1.29 is 9.53 Å². The first-order valence-corrected chi connectivity index (χ1v) is 9.27. The van der Waals surface area contributed by atoms with Crippen molar-refractivity contribution in [2.24, 2.45) is 0 Å². The second kappa shape index (κ2) is 9.16. The highest BCUT2D eigenvalue weighted by atomic mass is 79.9. The van der Waals surface area contributed by atoms with Crippen molar-refractivity contribution in [1.29, 1.82) is 0 Å². The Kier molecular flexibility index (Phi) is 6.40. The topological polar surface area (TPSA) is 62.4 Å². The lowest BCUT2D eigenvalue weighted by atomic mass is 10.2. The number of hydrogen-bond acceptors (Lipinski definition) is 3. The van der Waals surface area contributed by atoms with Gasteiger partial charge in [-0.15, -0.1) is 0 Å². The molecular formula is C20H16BrN3O2S. The van der Waals surface area contributed by atoms with Crippen molar-refractivity contribution in [1.82, 2.24) is 10.9 Å². The smallest absolute Gasteiger partial charge is 0.270 e. The molecule has 0 bridgehead atoms. The zero-order chi connectivity index (χ0) is 19.1. The fraction of sp³-hybridized carbons (Fsp3) is 0. The molecule has 0 aliphatic carbocycles. The first kappa shape index (κ1) is 18.9. The minimum Gasteiger partial charge on any atom is -0.457 e. The van der Waals surface area contributed by atoms with E-state index in [9.17, 15) is 4.79 Å². The van der Waals surface area contributed by atoms with E-state index in [1.54, 1.807) is 18.2 Å². The molecule has 3 aromatic rings. The fourth-order valence-corrected chi connectivity index (χ4v) is 2.85. The quantitative estimate of drug-likeness (QED) is 0.398. The summed E-state index contributed by atoms with van der Waals surface area (Å²) in [6, 6.07) is 24.0. The van der Waals surface area contributed by atoms with Gasteiger partial charge in [0.25, 0.3) is 5.91 Å². The Balaban J connectivity index is 1.50. The van der Waals surface area contributed by atoms with E-state index in [0.717, 1.165) is 11.4 Å². The predicted molar refractivity (Wildman–Crippen MR) is 114 cm³/mol. The Morgan fingerprint density at radius 2 is 1.44 bits per heavy atom. The Hall–Kier alpha value is -2.90. The Morgan fingerprint density at radius 3 is 2.15 bits per heavy atom. The highest BCUT2D eigenvalue weighted by molar-refractivity contribution is 9.10. The van der Waals surface area contributed by atoms with Gasteiger partial charge < -0.3 is 10.1 Å². The van der Waals surface area contributed by atoms with E-state index in [1.165, 1.54) is 0 Å². The molecule has 3 aromatic carbocycles. The van der Waals surface area contributed by atoms with Gasteiger partial charge in [-0.2, -0.15) is 0 Å². The van der Waals surface area contributed by atoms with Crippen LogP contribution in [0.5, 0.6) is 11.5 Å². The SMILES string of the molecule is O=C(NNC(=S)Nc1ccc(Oc2ccccc2)cc1)c1ccccc1Br. The van der Waals surface area contributed by atoms with E-state index in [-0.39, 0.29) is 11.0 Å². The van der Waals surface area contributed by atoms with Gasteiger partial charge in [0.1, 0.15) is 11.5 Å². The molecule has 0 aromatic heterocycles. The lowest BCUT2D eigenvalue weighted by molar-refractivity contribution is 0.0943. The average Bonchev–Trinajstić information content (AvgIpc) is 2.69. The molecular weight excluding hydrogens is 426 g/mol. The van der Waals surface area contributed by atoms with Crippen LogP contribution in [0.3, 0.4) is 0 Å².